The molecular weight excluding hydrogens is 216 g/mol. The van der Waals surface area contributed by atoms with E-state index in [0.29, 0.717) is 18.0 Å². The topological polar surface area (TPSA) is 55.0 Å². The lowest BCUT2D eigenvalue weighted by molar-refractivity contribution is 0.0228. The van der Waals surface area contributed by atoms with Crippen LogP contribution in [0.15, 0.2) is 4.79 Å². The molecule has 0 amide bonds. The molecule has 0 aliphatic heterocycles. The predicted molar refractivity (Wildman–Crippen MR) is 68.2 cm³/mol. The first-order valence-electron chi connectivity index (χ1n) is 6.22. The molecule has 1 rings (SSSR count). The zero-order valence-corrected chi connectivity index (χ0v) is 11.3. The first kappa shape index (κ1) is 13.9. The molecule has 1 unspecified atom stereocenters. The van der Waals surface area contributed by atoms with E-state index < -0.39 is 0 Å². The van der Waals surface area contributed by atoms with Crippen molar-refractivity contribution in [2.75, 3.05) is 6.61 Å². The Labute approximate surface area is 102 Å². The second-order valence-electron chi connectivity index (χ2n) is 4.50. The molecule has 1 N–H and O–H groups in total. The SMILES string of the molecule is CCOC(c1nc(CC)c(C)c(=O)[nH]1)C(C)C. The fourth-order valence-corrected chi connectivity index (χ4v) is 1.84. The van der Waals surface area contributed by atoms with Gasteiger partial charge in [0.15, 0.2) is 0 Å². The Bertz CT molecular complexity index is 424. The molecule has 96 valence electrons. The summed E-state index contributed by atoms with van der Waals surface area (Å²) in [5, 5.41) is 0. The van der Waals surface area contributed by atoms with Gasteiger partial charge in [-0.2, -0.15) is 0 Å². The minimum Gasteiger partial charge on any atom is -0.370 e. The Morgan fingerprint density at radius 2 is 2.00 bits per heavy atom. The number of nitrogens with one attached hydrogen (secondary N) is 1. The lowest BCUT2D eigenvalue weighted by Gasteiger charge is -2.20. The molecular formula is C13H22N2O2. The van der Waals surface area contributed by atoms with E-state index in [1.807, 2.05) is 13.8 Å². The van der Waals surface area contributed by atoms with E-state index in [9.17, 15) is 4.79 Å². The molecule has 0 aliphatic carbocycles. The van der Waals surface area contributed by atoms with Crippen LogP contribution in [0.25, 0.3) is 0 Å². The predicted octanol–water partition coefficient (Wildman–Crippen LogP) is 2.37. The summed E-state index contributed by atoms with van der Waals surface area (Å²) < 4.78 is 5.65. The van der Waals surface area contributed by atoms with Gasteiger partial charge in [0, 0.05) is 12.2 Å². The molecule has 0 saturated heterocycles. The number of hydrogen-bond donors (Lipinski definition) is 1. The molecule has 1 atom stereocenters. The number of aromatic amines is 1. The summed E-state index contributed by atoms with van der Waals surface area (Å²) in [6.45, 7) is 10.5. The minimum atomic E-state index is -0.140. The van der Waals surface area contributed by atoms with Gasteiger partial charge in [-0.3, -0.25) is 4.79 Å². The highest BCUT2D eigenvalue weighted by atomic mass is 16.5. The number of ether oxygens (including phenoxy) is 1. The van der Waals surface area contributed by atoms with Crippen molar-refractivity contribution in [2.45, 2.75) is 47.1 Å². The molecule has 0 aromatic carbocycles. The van der Waals surface area contributed by atoms with Crippen molar-refractivity contribution < 1.29 is 4.74 Å². The summed E-state index contributed by atoms with van der Waals surface area (Å²) in [4.78, 5) is 19.1. The molecule has 0 saturated carbocycles. The molecule has 0 aliphatic rings. The standard InChI is InChI=1S/C13H22N2O2/c1-6-10-9(5)13(16)15-12(14-10)11(8(3)4)17-7-2/h8,11H,6-7H2,1-5H3,(H,14,15,16). The monoisotopic (exact) mass is 238 g/mol. The van der Waals surface area contributed by atoms with E-state index in [1.165, 1.54) is 0 Å². The van der Waals surface area contributed by atoms with Crippen LogP contribution < -0.4 is 5.56 Å². The summed E-state index contributed by atoms with van der Waals surface area (Å²) in [5.41, 5.74) is 1.50. The van der Waals surface area contributed by atoms with Crippen LogP contribution in [0.5, 0.6) is 0 Å². The van der Waals surface area contributed by atoms with Gasteiger partial charge in [-0.1, -0.05) is 20.8 Å². The largest absolute Gasteiger partial charge is 0.370 e. The van der Waals surface area contributed by atoms with Crippen LogP contribution in [-0.2, 0) is 11.2 Å². The van der Waals surface area contributed by atoms with Crippen molar-refractivity contribution in [3.8, 4) is 0 Å². The minimum absolute atomic E-state index is 0.0581. The average molecular weight is 238 g/mol. The van der Waals surface area contributed by atoms with Crippen molar-refractivity contribution in [1.29, 1.82) is 0 Å². The van der Waals surface area contributed by atoms with Gasteiger partial charge < -0.3 is 9.72 Å². The number of nitrogens with zero attached hydrogens (tertiary/aromatic N) is 1. The summed E-state index contributed by atoms with van der Waals surface area (Å²) >= 11 is 0. The molecule has 1 aromatic heterocycles. The van der Waals surface area contributed by atoms with E-state index >= 15 is 0 Å². The molecule has 0 fully saturated rings. The Hall–Kier alpha value is -1.16. The van der Waals surface area contributed by atoms with E-state index in [4.69, 9.17) is 4.74 Å². The molecule has 0 radical (unpaired) electrons. The summed E-state index contributed by atoms with van der Waals surface area (Å²) in [7, 11) is 0. The number of hydrogen-bond acceptors (Lipinski definition) is 3. The van der Waals surface area contributed by atoms with Gasteiger partial charge in [-0.15, -0.1) is 0 Å². The van der Waals surface area contributed by atoms with Crippen molar-refractivity contribution in [3.63, 3.8) is 0 Å². The molecule has 4 nitrogen and oxygen atoms in total. The lowest BCUT2D eigenvalue weighted by atomic mass is 10.1. The van der Waals surface area contributed by atoms with Crippen LogP contribution in [0.3, 0.4) is 0 Å². The van der Waals surface area contributed by atoms with Gasteiger partial charge in [0.25, 0.3) is 5.56 Å². The van der Waals surface area contributed by atoms with E-state index in [2.05, 4.69) is 23.8 Å². The third-order valence-electron chi connectivity index (χ3n) is 2.83. The number of rotatable bonds is 5. The summed E-state index contributed by atoms with van der Waals surface area (Å²) in [5.74, 6) is 0.930. The zero-order chi connectivity index (χ0) is 13.0. The van der Waals surface area contributed by atoms with Crippen LogP contribution >= 0.6 is 0 Å². The smallest absolute Gasteiger partial charge is 0.254 e. The average Bonchev–Trinajstić information content (AvgIpc) is 2.29. The Balaban J connectivity index is 3.20. The first-order valence-corrected chi connectivity index (χ1v) is 6.22. The number of H-pyrrole nitrogens is 1. The fraction of sp³-hybridized carbons (Fsp3) is 0.692. The normalized spacial score (nSPS) is 13.1. The van der Waals surface area contributed by atoms with E-state index in [-0.39, 0.29) is 17.6 Å². The molecule has 4 heteroatoms. The summed E-state index contributed by atoms with van der Waals surface area (Å²) in [6.07, 6.45) is 0.623. The van der Waals surface area contributed by atoms with Gasteiger partial charge in [-0.05, 0) is 26.2 Å². The first-order chi connectivity index (χ1) is 8.01. The highest BCUT2D eigenvalue weighted by molar-refractivity contribution is 5.16. The Morgan fingerprint density at radius 1 is 1.35 bits per heavy atom. The van der Waals surface area contributed by atoms with Crippen LogP contribution in [0.4, 0.5) is 0 Å². The van der Waals surface area contributed by atoms with Crippen molar-refractivity contribution in [2.24, 2.45) is 5.92 Å². The lowest BCUT2D eigenvalue weighted by Crippen LogP contribution is -2.23. The van der Waals surface area contributed by atoms with Crippen LogP contribution in [0.2, 0.25) is 0 Å². The van der Waals surface area contributed by atoms with Crippen molar-refractivity contribution >= 4 is 0 Å². The number of aryl methyl sites for hydroxylation is 1. The number of aromatic nitrogens is 2. The van der Waals surface area contributed by atoms with E-state index in [0.717, 1.165) is 12.1 Å². The van der Waals surface area contributed by atoms with Crippen LogP contribution in [0, 0.1) is 12.8 Å². The highest BCUT2D eigenvalue weighted by Crippen LogP contribution is 2.22. The maximum absolute atomic E-state index is 11.8. The van der Waals surface area contributed by atoms with Gasteiger partial charge in [0.2, 0.25) is 0 Å². The maximum atomic E-state index is 11.8. The van der Waals surface area contributed by atoms with Gasteiger partial charge in [-0.25, -0.2) is 4.98 Å². The summed E-state index contributed by atoms with van der Waals surface area (Å²) in [6, 6.07) is 0. The van der Waals surface area contributed by atoms with Crippen molar-refractivity contribution in [1.82, 2.24) is 9.97 Å². The zero-order valence-electron chi connectivity index (χ0n) is 11.3. The molecule has 1 aromatic rings. The fourth-order valence-electron chi connectivity index (χ4n) is 1.84. The third kappa shape index (κ3) is 3.16. The quantitative estimate of drug-likeness (QED) is 0.856. The van der Waals surface area contributed by atoms with Crippen LogP contribution in [-0.4, -0.2) is 16.6 Å². The second kappa shape index (κ2) is 5.96. The van der Waals surface area contributed by atoms with Crippen molar-refractivity contribution in [3.05, 3.63) is 27.4 Å². The van der Waals surface area contributed by atoms with E-state index in [1.54, 1.807) is 6.92 Å². The maximum Gasteiger partial charge on any atom is 0.254 e. The molecule has 0 spiro atoms. The van der Waals surface area contributed by atoms with Gasteiger partial charge >= 0.3 is 0 Å². The Morgan fingerprint density at radius 3 is 2.47 bits per heavy atom. The molecule has 17 heavy (non-hydrogen) atoms. The van der Waals surface area contributed by atoms with Gasteiger partial charge in [0.1, 0.15) is 11.9 Å². The Kier molecular flexibility index (Phi) is 4.87. The second-order valence-corrected chi connectivity index (χ2v) is 4.50. The third-order valence-corrected chi connectivity index (χ3v) is 2.83. The molecule has 0 bridgehead atoms. The van der Waals surface area contributed by atoms with Gasteiger partial charge in [0.05, 0.1) is 5.69 Å². The molecule has 1 heterocycles. The highest BCUT2D eigenvalue weighted by Gasteiger charge is 2.20. The van der Waals surface area contributed by atoms with Crippen LogP contribution in [0.1, 0.15) is 50.9 Å².